The molecule has 1 fully saturated rings. The monoisotopic (exact) mass is 201 g/mol. The van der Waals surface area contributed by atoms with Crippen molar-refractivity contribution in [3.8, 4) is 0 Å². The van der Waals surface area contributed by atoms with E-state index in [1.54, 1.807) is 14.0 Å². The Morgan fingerprint density at radius 2 is 2.00 bits per heavy atom. The Hall–Kier alpha value is -0.900. The Morgan fingerprint density at radius 1 is 1.43 bits per heavy atom. The van der Waals surface area contributed by atoms with Crippen molar-refractivity contribution in [1.29, 1.82) is 0 Å². The molecule has 0 radical (unpaired) electrons. The van der Waals surface area contributed by atoms with Gasteiger partial charge >= 0.3 is 0 Å². The number of rotatable bonds is 3. The maximum Gasteiger partial charge on any atom is 0.232 e. The molecule has 0 aromatic carbocycles. The predicted molar refractivity (Wildman–Crippen MR) is 53.7 cm³/mol. The molecule has 0 N–H and O–H groups in total. The molecule has 1 aliphatic heterocycles. The van der Waals surface area contributed by atoms with Crippen LogP contribution in [0.1, 0.15) is 27.2 Å². The van der Waals surface area contributed by atoms with Crippen molar-refractivity contribution in [2.24, 2.45) is 5.92 Å². The molecule has 0 saturated carbocycles. The number of methoxy groups -OCH3 is 1. The van der Waals surface area contributed by atoms with Gasteiger partial charge in [-0.25, -0.2) is 0 Å². The molecule has 4 heteroatoms. The lowest BCUT2D eigenvalue weighted by Crippen LogP contribution is -2.33. The number of carbonyl (C=O) groups excluding carboxylic acids is 2. The van der Waals surface area contributed by atoms with Gasteiger partial charge < -0.3 is 4.74 Å². The summed E-state index contributed by atoms with van der Waals surface area (Å²) in [6.07, 6.45) is 0.350. The molecular formula is C10H19NO3. The molecule has 0 aromatic rings. The van der Waals surface area contributed by atoms with Gasteiger partial charge in [0.2, 0.25) is 11.8 Å². The van der Waals surface area contributed by atoms with Gasteiger partial charge in [0.25, 0.3) is 0 Å². The van der Waals surface area contributed by atoms with Crippen molar-refractivity contribution in [2.75, 3.05) is 20.3 Å². The molecule has 1 rings (SSSR count). The van der Waals surface area contributed by atoms with Crippen LogP contribution in [0, 0.1) is 5.92 Å². The molecular weight excluding hydrogens is 182 g/mol. The highest BCUT2D eigenvalue weighted by Crippen LogP contribution is 2.17. The third kappa shape index (κ3) is 3.10. The predicted octanol–water partition coefficient (Wildman–Crippen LogP) is 1.05. The number of likely N-dealkylation sites (tertiary alicyclic amines) is 1. The molecule has 1 aliphatic rings. The Morgan fingerprint density at radius 3 is 2.36 bits per heavy atom. The van der Waals surface area contributed by atoms with Gasteiger partial charge in [0.15, 0.2) is 0 Å². The quantitative estimate of drug-likeness (QED) is 0.641. The van der Waals surface area contributed by atoms with Crippen LogP contribution in [0.5, 0.6) is 0 Å². The normalized spacial score (nSPS) is 20.9. The van der Waals surface area contributed by atoms with Crippen molar-refractivity contribution >= 4 is 11.8 Å². The van der Waals surface area contributed by atoms with E-state index in [1.807, 2.05) is 13.8 Å². The minimum Gasteiger partial charge on any atom is -0.383 e. The van der Waals surface area contributed by atoms with Gasteiger partial charge in [-0.05, 0) is 0 Å². The smallest absolute Gasteiger partial charge is 0.232 e. The molecule has 1 heterocycles. The average molecular weight is 201 g/mol. The molecule has 1 atom stereocenters. The highest BCUT2D eigenvalue weighted by molar-refractivity contribution is 6.03. The van der Waals surface area contributed by atoms with E-state index in [1.165, 1.54) is 4.90 Å². The lowest BCUT2D eigenvalue weighted by molar-refractivity contribution is -0.139. The number of carbonyl (C=O) groups is 2. The third-order valence-corrected chi connectivity index (χ3v) is 1.99. The Bertz CT molecular complexity index is 204. The summed E-state index contributed by atoms with van der Waals surface area (Å²) in [5.41, 5.74) is 0. The molecule has 1 unspecified atom stereocenters. The molecule has 0 aromatic heterocycles. The lowest BCUT2D eigenvalue weighted by Gasteiger charge is -2.12. The summed E-state index contributed by atoms with van der Waals surface area (Å²) >= 11 is 0. The van der Waals surface area contributed by atoms with Crippen LogP contribution in [0.15, 0.2) is 0 Å². The van der Waals surface area contributed by atoms with Gasteiger partial charge in [0, 0.05) is 19.4 Å². The van der Waals surface area contributed by atoms with E-state index in [2.05, 4.69) is 0 Å². The van der Waals surface area contributed by atoms with E-state index >= 15 is 0 Å². The minimum atomic E-state index is -0.144. The molecule has 1 saturated heterocycles. The second kappa shape index (κ2) is 6.54. The highest BCUT2D eigenvalue weighted by atomic mass is 16.5. The highest BCUT2D eigenvalue weighted by Gasteiger charge is 2.34. The fourth-order valence-electron chi connectivity index (χ4n) is 1.27. The summed E-state index contributed by atoms with van der Waals surface area (Å²) in [5.74, 6) is -0.295. The first kappa shape index (κ1) is 13.1. The van der Waals surface area contributed by atoms with Gasteiger partial charge in [-0.15, -0.1) is 0 Å². The number of imide groups is 1. The topological polar surface area (TPSA) is 46.6 Å². The largest absolute Gasteiger partial charge is 0.383 e. The summed E-state index contributed by atoms with van der Waals surface area (Å²) in [6, 6.07) is 0. The maximum absolute atomic E-state index is 11.3. The van der Waals surface area contributed by atoms with E-state index < -0.39 is 0 Å². The van der Waals surface area contributed by atoms with Crippen LogP contribution in [0.4, 0.5) is 0 Å². The first-order chi connectivity index (χ1) is 6.66. The van der Waals surface area contributed by atoms with Crippen LogP contribution in [0.3, 0.4) is 0 Å². The van der Waals surface area contributed by atoms with Gasteiger partial charge in [-0.1, -0.05) is 20.8 Å². The van der Waals surface area contributed by atoms with Gasteiger partial charge in [-0.3, -0.25) is 14.5 Å². The second-order valence-electron chi connectivity index (χ2n) is 2.98. The van der Waals surface area contributed by atoms with Crippen LogP contribution in [-0.2, 0) is 14.3 Å². The zero-order valence-corrected chi connectivity index (χ0v) is 9.37. The molecule has 2 amide bonds. The lowest BCUT2D eigenvalue weighted by atomic mass is 10.1. The van der Waals surface area contributed by atoms with Crippen molar-refractivity contribution in [2.45, 2.75) is 27.2 Å². The Balaban J connectivity index is 0.000000791. The SMILES string of the molecule is CC.COCCN1C(=O)CC(C)C1=O. The second-order valence-corrected chi connectivity index (χ2v) is 2.98. The molecule has 0 bridgehead atoms. The zero-order chi connectivity index (χ0) is 11.1. The van der Waals surface area contributed by atoms with E-state index in [0.717, 1.165) is 0 Å². The van der Waals surface area contributed by atoms with E-state index in [-0.39, 0.29) is 17.7 Å². The minimum absolute atomic E-state index is 0.0722. The van der Waals surface area contributed by atoms with Gasteiger partial charge in [0.05, 0.1) is 13.2 Å². The van der Waals surface area contributed by atoms with Crippen molar-refractivity contribution in [3.05, 3.63) is 0 Å². The first-order valence-corrected chi connectivity index (χ1v) is 5.00. The van der Waals surface area contributed by atoms with Gasteiger partial charge in [0.1, 0.15) is 0 Å². The summed E-state index contributed by atoms with van der Waals surface area (Å²) in [6.45, 7) is 6.58. The number of ether oxygens (including phenoxy) is 1. The Kier molecular flexibility index (Phi) is 6.12. The van der Waals surface area contributed by atoms with Crippen LogP contribution in [0.2, 0.25) is 0 Å². The van der Waals surface area contributed by atoms with Crippen molar-refractivity contribution < 1.29 is 14.3 Å². The van der Waals surface area contributed by atoms with Crippen LogP contribution in [0.25, 0.3) is 0 Å². The zero-order valence-electron chi connectivity index (χ0n) is 9.37. The first-order valence-electron chi connectivity index (χ1n) is 5.00. The van der Waals surface area contributed by atoms with Crippen LogP contribution < -0.4 is 0 Å². The number of hydrogen-bond donors (Lipinski definition) is 0. The van der Waals surface area contributed by atoms with Crippen molar-refractivity contribution in [3.63, 3.8) is 0 Å². The van der Waals surface area contributed by atoms with Crippen LogP contribution >= 0.6 is 0 Å². The summed E-state index contributed by atoms with van der Waals surface area (Å²) in [5, 5.41) is 0. The van der Waals surface area contributed by atoms with E-state index in [0.29, 0.717) is 19.6 Å². The number of nitrogens with zero attached hydrogens (tertiary/aromatic N) is 1. The summed E-state index contributed by atoms with van der Waals surface area (Å²) in [7, 11) is 1.55. The van der Waals surface area contributed by atoms with E-state index in [9.17, 15) is 9.59 Å². The standard InChI is InChI=1S/C8H13NO3.C2H6/c1-6-5-7(10)9(8(6)11)3-4-12-2;1-2/h6H,3-5H2,1-2H3;1-2H3. The fourth-order valence-corrected chi connectivity index (χ4v) is 1.27. The molecule has 14 heavy (non-hydrogen) atoms. The van der Waals surface area contributed by atoms with Crippen LogP contribution in [-0.4, -0.2) is 37.0 Å². The van der Waals surface area contributed by atoms with Gasteiger partial charge in [-0.2, -0.15) is 0 Å². The average Bonchev–Trinajstić information content (AvgIpc) is 2.43. The molecule has 0 spiro atoms. The summed E-state index contributed by atoms with van der Waals surface area (Å²) in [4.78, 5) is 23.7. The molecule has 0 aliphatic carbocycles. The van der Waals surface area contributed by atoms with E-state index in [4.69, 9.17) is 4.74 Å². The number of hydrogen-bond acceptors (Lipinski definition) is 3. The number of amides is 2. The summed E-state index contributed by atoms with van der Waals surface area (Å²) < 4.78 is 4.79. The Labute approximate surface area is 85.2 Å². The maximum atomic E-state index is 11.3. The fraction of sp³-hybridized carbons (Fsp3) is 0.800. The molecule has 4 nitrogen and oxygen atoms in total. The van der Waals surface area contributed by atoms with Crippen molar-refractivity contribution in [1.82, 2.24) is 4.90 Å². The third-order valence-electron chi connectivity index (χ3n) is 1.99. The molecule has 82 valence electrons.